The second kappa shape index (κ2) is 11.1. The van der Waals surface area contributed by atoms with Gasteiger partial charge in [-0.1, -0.05) is 45.4 Å². The first-order valence-electron chi connectivity index (χ1n) is 11.6. The monoisotopic (exact) mass is 449 g/mol. The van der Waals surface area contributed by atoms with Gasteiger partial charge in [0.05, 0.1) is 10.8 Å². The molecule has 1 atom stereocenters. The van der Waals surface area contributed by atoms with Crippen molar-refractivity contribution in [3.63, 3.8) is 0 Å². The highest BCUT2D eigenvalue weighted by atomic mass is 32.2. The molecule has 0 spiro atoms. The van der Waals surface area contributed by atoms with Gasteiger partial charge in [-0.25, -0.2) is 13.1 Å². The predicted molar refractivity (Wildman–Crippen MR) is 121 cm³/mol. The first kappa shape index (κ1) is 23.7. The average molecular weight is 450 g/mol. The SMILES string of the molecule is CCCCCCNS(=O)(=O)c1ccc(NC(=O)C2CC(=O)N(C3CCCCC3)C2)cc1. The van der Waals surface area contributed by atoms with Crippen LogP contribution in [-0.4, -0.2) is 44.3 Å². The minimum Gasteiger partial charge on any atom is -0.339 e. The van der Waals surface area contributed by atoms with Crippen LogP contribution in [-0.2, 0) is 19.6 Å². The van der Waals surface area contributed by atoms with Crippen molar-refractivity contribution >= 4 is 27.5 Å². The molecular formula is C23H35N3O4S. The van der Waals surface area contributed by atoms with E-state index in [1.54, 1.807) is 12.1 Å². The number of anilines is 1. The highest BCUT2D eigenvalue weighted by Crippen LogP contribution is 2.29. The molecule has 2 N–H and O–H groups in total. The lowest BCUT2D eigenvalue weighted by atomic mass is 9.94. The number of amides is 2. The first-order chi connectivity index (χ1) is 14.9. The van der Waals surface area contributed by atoms with E-state index >= 15 is 0 Å². The number of carbonyl (C=O) groups is 2. The molecule has 0 aromatic heterocycles. The van der Waals surface area contributed by atoms with Gasteiger partial charge in [0.25, 0.3) is 0 Å². The molecule has 1 unspecified atom stereocenters. The standard InChI is InChI=1S/C23H35N3O4S/c1-2-3-4-8-15-24-31(29,30)21-13-11-19(12-14-21)25-23(28)18-16-22(27)26(17-18)20-9-6-5-7-10-20/h11-14,18,20,24H,2-10,15-17H2,1H3,(H,25,28). The Labute approximate surface area is 186 Å². The molecule has 2 aliphatic rings. The minimum absolute atomic E-state index is 0.0681. The zero-order chi connectivity index (χ0) is 22.3. The van der Waals surface area contributed by atoms with E-state index in [1.807, 2.05) is 4.90 Å². The van der Waals surface area contributed by atoms with E-state index in [2.05, 4.69) is 17.0 Å². The van der Waals surface area contributed by atoms with E-state index in [-0.39, 0.29) is 35.1 Å². The minimum atomic E-state index is -3.55. The van der Waals surface area contributed by atoms with Crippen LogP contribution in [0.4, 0.5) is 5.69 Å². The molecule has 7 nitrogen and oxygen atoms in total. The molecule has 1 saturated heterocycles. The third-order valence-corrected chi connectivity index (χ3v) is 7.78. The fraction of sp³-hybridized carbons (Fsp3) is 0.652. The number of sulfonamides is 1. The molecule has 1 saturated carbocycles. The van der Waals surface area contributed by atoms with E-state index in [0.717, 1.165) is 51.4 Å². The maximum Gasteiger partial charge on any atom is 0.240 e. The quantitative estimate of drug-likeness (QED) is 0.533. The number of benzene rings is 1. The van der Waals surface area contributed by atoms with Crippen LogP contribution in [0, 0.1) is 5.92 Å². The van der Waals surface area contributed by atoms with Gasteiger partial charge in [-0.15, -0.1) is 0 Å². The normalized spacial score (nSPS) is 20.2. The smallest absolute Gasteiger partial charge is 0.240 e. The number of unbranched alkanes of at least 4 members (excludes halogenated alkanes) is 3. The van der Waals surface area contributed by atoms with E-state index in [9.17, 15) is 18.0 Å². The van der Waals surface area contributed by atoms with Crippen LogP contribution in [0.25, 0.3) is 0 Å². The number of carbonyl (C=O) groups excluding carboxylic acids is 2. The molecule has 1 aromatic carbocycles. The van der Waals surface area contributed by atoms with Crippen molar-refractivity contribution < 1.29 is 18.0 Å². The molecule has 172 valence electrons. The van der Waals surface area contributed by atoms with Gasteiger partial charge < -0.3 is 10.2 Å². The Morgan fingerprint density at radius 3 is 2.45 bits per heavy atom. The Morgan fingerprint density at radius 2 is 1.77 bits per heavy atom. The Balaban J connectivity index is 1.51. The molecule has 0 radical (unpaired) electrons. The third kappa shape index (κ3) is 6.53. The second-order valence-electron chi connectivity index (χ2n) is 8.71. The summed E-state index contributed by atoms with van der Waals surface area (Å²) in [5.74, 6) is -0.475. The summed E-state index contributed by atoms with van der Waals surface area (Å²) in [6.45, 7) is 3.01. The first-order valence-corrected chi connectivity index (χ1v) is 13.1. The van der Waals surface area contributed by atoms with Crippen LogP contribution < -0.4 is 10.0 Å². The van der Waals surface area contributed by atoms with Crippen LogP contribution in [0.3, 0.4) is 0 Å². The topological polar surface area (TPSA) is 95.6 Å². The van der Waals surface area contributed by atoms with Crippen LogP contribution >= 0.6 is 0 Å². The number of nitrogens with one attached hydrogen (secondary N) is 2. The molecule has 0 bridgehead atoms. The van der Waals surface area contributed by atoms with Crippen LogP contribution in [0.1, 0.15) is 71.1 Å². The van der Waals surface area contributed by atoms with E-state index in [1.165, 1.54) is 18.6 Å². The Kier molecular flexibility index (Phi) is 8.49. The van der Waals surface area contributed by atoms with E-state index in [0.29, 0.717) is 18.8 Å². The van der Waals surface area contributed by atoms with E-state index < -0.39 is 10.0 Å². The number of nitrogens with zero attached hydrogens (tertiary/aromatic N) is 1. The summed E-state index contributed by atoms with van der Waals surface area (Å²) in [6, 6.07) is 6.47. The lowest BCUT2D eigenvalue weighted by Gasteiger charge is -2.31. The fourth-order valence-electron chi connectivity index (χ4n) is 4.46. The molecule has 1 aliphatic heterocycles. The number of likely N-dealkylation sites (tertiary alicyclic amines) is 1. The van der Waals surface area contributed by atoms with Crippen LogP contribution in [0.5, 0.6) is 0 Å². The number of rotatable bonds is 10. The maximum atomic E-state index is 12.7. The molecule has 1 aliphatic carbocycles. The Hall–Kier alpha value is -1.93. The van der Waals surface area contributed by atoms with Gasteiger partial charge in [-0.3, -0.25) is 9.59 Å². The Morgan fingerprint density at radius 1 is 1.06 bits per heavy atom. The molecule has 1 heterocycles. The maximum absolute atomic E-state index is 12.7. The molecule has 8 heteroatoms. The van der Waals surface area contributed by atoms with Crippen LogP contribution in [0.2, 0.25) is 0 Å². The van der Waals surface area contributed by atoms with Gasteiger partial charge >= 0.3 is 0 Å². The third-order valence-electron chi connectivity index (χ3n) is 6.30. The van der Waals surface area contributed by atoms with Crippen molar-refractivity contribution in [2.75, 3.05) is 18.4 Å². The molecule has 3 rings (SSSR count). The number of hydrogen-bond acceptors (Lipinski definition) is 4. The summed E-state index contributed by atoms with van der Waals surface area (Å²) in [4.78, 5) is 27.2. The summed E-state index contributed by atoms with van der Waals surface area (Å²) in [5.41, 5.74) is 0.537. The lowest BCUT2D eigenvalue weighted by molar-refractivity contribution is -0.130. The fourth-order valence-corrected chi connectivity index (χ4v) is 5.53. The largest absolute Gasteiger partial charge is 0.339 e. The van der Waals surface area contributed by atoms with Gasteiger partial charge in [0.15, 0.2) is 0 Å². The highest BCUT2D eigenvalue weighted by Gasteiger charge is 2.38. The van der Waals surface area contributed by atoms with Gasteiger partial charge in [0, 0.05) is 31.2 Å². The van der Waals surface area contributed by atoms with Crippen molar-refractivity contribution in [3.8, 4) is 0 Å². The molecule has 2 amide bonds. The van der Waals surface area contributed by atoms with Crippen molar-refractivity contribution in [2.24, 2.45) is 5.92 Å². The highest BCUT2D eigenvalue weighted by molar-refractivity contribution is 7.89. The molecule has 1 aromatic rings. The molecule has 2 fully saturated rings. The van der Waals surface area contributed by atoms with Crippen molar-refractivity contribution in [1.29, 1.82) is 0 Å². The summed E-state index contributed by atoms with van der Waals surface area (Å²) < 4.78 is 27.4. The van der Waals surface area contributed by atoms with Crippen molar-refractivity contribution in [1.82, 2.24) is 9.62 Å². The summed E-state index contributed by atoms with van der Waals surface area (Å²) in [7, 11) is -3.55. The van der Waals surface area contributed by atoms with Gasteiger partial charge in [-0.05, 0) is 43.5 Å². The summed E-state index contributed by atoms with van der Waals surface area (Å²) >= 11 is 0. The predicted octanol–water partition coefficient (Wildman–Crippen LogP) is 3.66. The van der Waals surface area contributed by atoms with Gasteiger partial charge in [-0.2, -0.15) is 0 Å². The van der Waals surface area contributed by atoms with Crippen molar-refractivity contribution in [3.05, 3.63) is 24.3 Å². The Bertz CT molecular complexity index is 848. The zero-order valence-corrected chi connectivity index (χ0v) is 19.3. The summed E-state index contributed by atoms with van der Waals surface area (Å²) in [6.07, 6.45) is 9.85. The summed E-state index contributed by atoms with van der Waals surface area (Å²) in [5, 5.41) is 2.84. The van der Waals surface area contributed by atoms with E-state index in [4.69, 9.17) is 0 Å². The van der Waals surface area contributed by atoms with Gasteiger partial charge in [0.1, 0.15) is 0 Å². The van der Waals surface area contributed by atoms with Crippen molar-refractivity contribution in [2.45, 2.75) is 82.1 Å². The number of hydrogen-bond donors (Lipinski definition) is 2. The van der Waals surface area contributed by atoms with Gasteiger partial charge in [0.2, 0.25) is 21.8 Å². The molecule has 31 heavy (non-hydrogen) atoms. The lowest BCUT2D eigenvalue weighted by Crippen LogP contribution is -2.38. The van der Waals surface area contributed by atoms with Crippen LogP contribution in [0.15, 0.2) is 29.2 Å². The molecular weight excluding hydrogens is 414 g/mol. The zero-order valence-electron chi connectivity index (χ0n) is 18.4. The average Bonchev–Trinajstić information content (AvgIpc) is 3.16. The second-order valence-corrected chi connectivity index (χ2v) is 10.5.